The first-order valence-electron chi connectivity index (χ1n) is 6.82. The zero-order valence-electron chi connectivity index (χ0n) is 12.7. The minimum Gasteiger partial charge on any atom is -0.508 e. The van der Waals surface area contributed by atoms with E-state index in [1.807, 2.05) is 33.8 Å². The molecule has 1 aliphatic rings. The van der Waals surface area contributed by atoms with Crippen LogP contribution in [0.25, 0.3) is 0 Å². The van der Waals surface area contributed by atoms with Gasteiger partial charge >= 0.3 is 7.12 Å². The normalized spacial score (nSPS) is 21.1. The summed E-state index contributed by atoms with van der Waals surface area (Å²) >= 11 is 0. The number of phenols is 1. The van der Waals surface area contributed by atoms with Crippen LogP contribution < -0.4 is 5.46 Å². The lowest BCUT2D eigenvalue weighted by Gasteiger charge is -2.32. The van der Waals surface area contributed by atoms with Crippen molar-refractivity contribution in [3.8, 4) is 5.75 Å². The molecule has 1 N–H and O–H groups in total. The largest absolute Gasteiger partial charge is 0.508 e. The van der Waals surface area contributed by atoms with Crippen molar-refractivity contribution < 1.29 is 14.4 Å². The second-order valence-corrected chi connectivity index (χ2v) is 6.60. The highest BCUT2D eigenvalue weighted by molar-refractivity contribution is 6.62. The van der Waals surface area contributed by atoms with E-state index in [0.29, 0.717) is 5.92 Å². The van der Waals surface area contributed by atoms with Gasteiger partial charge in [0.2, 0.25) is 0 Å². The summed E-state index contributed by atoms with van der Waals surface area (Å²) in [7, 11) is -0.422. The van der Waals surface area contributed by atoms with Crippen molar-refractivity contribution in [1.82, 2.24) is 0 Å². The molecule has 4 heteroatoms. The summed E-state index contributed by atoms with van der Waals surface area (Å²) < 4.78 is 12.0. The Bertz CT molecular complexity index is 464. The molecule has 0 saturated carbocycles. The first-order chi connectivity index (χ1) is 8.62. The highest BCUT2D eigenvalue weighted by Crippen LogP contribution is 2.36. The van der Waals surface area contributed by atoms with Gasteiger partial charge in [-0.3, -0.25) is 0 Å². The van der Waals surface area contributed by atoms with E-state index in [0.717, 1.165) is 11.0 Å². The van der Waals surface area contributed by atoms with Crippen molar-refractivity contribution in [3.63, 3.8) is 0 Å². The standard InChI is InChI=1S/C15H23BO3/c1-10(2)11-7-12(9-13(17)8-11)16-18-14(3,4)15(5,6)19-16/h7-10,17H,1-6H3. The molecule has 0 unspecified atom stereocenters. The molecule has 1 heterocycles. The molecule has 19 heavy (non-hydrogen) atoms. The van der Waals surface area contributed by atoms with Crippen LogP contribution in [0.5, 0.6) is 5.75 Å². The zero-order chi connectivity index (χ0) is 14.4. The molecule has 0 amide bonds. The smallest absolute Gasteiger partial charge is 0.494 e. The molecule has 0 aromatic heterocycles. The molecule has 0 radical (unpaired) electrons. The second kappa shape index (κ2) is 4.53. The van der Waals surface area contributed by atoms with E-state index in [1.165, 1.54) is 0 Å². The molecular formula is C15H23BO3. The van der Waals surface area contributed by atoms with E-state index in [9.17, 15) is 5.11 Å². The first-order valence-corrected chi connectivity index (χ1v) is 6.82. The monoisotopic (exact) mass is 262 g/mol. The maximum Gasteiger partial charge on any atom is 0.494 e. The molecule has 0 spiro atoms. The van der Waals surface area contributed by atoms with Crippen LogP contribution in [0, 0.1) is 0 Å². The number of phenolic OH excluding ortho intramolecular Hbond substituents is 1. The molecule has 0 aliphatic carbocycles. The average Bonchev–Trinajstić information content (AvgIpc) is 2.47. The first kappa shape index (κ1) is 14.4. The Morgan fingerprint density at radius 1 is 1.00 bits per heavy atom. The summed E-state index contributed by atoms with van der Waals surface area (Å²) in [6, 6.07) is 5.56. The zero-order valence-corrected chi connectivity index (χ0v) is 12.7. The predicted octanol–water partition coefficient (Wildman–Crippen LogP) is 2.81. The van der Waals surface area contributed by atoms with Crippen molar-refractivity contribution in [1.29, 1.82) is 0 Å². The SMILES string of the molecule is CC(C)c1cc(O)cc(B2OC(C)(C)C(C)(C)O2)c1. The number of benzene rings is 1. The molecule has 1 aromatic carbocycles. The summed E-state index contributed by atoms with van der Waals surface area (Å²) in [5.74, 6) is 0.615. The fourth-order valence-corrected chi connectivity index (χ4v) is 2.11. The topological polar surface area (TPSA) is 38.7 Å². The van der Waals surface area contributed by atoms with E-state index in [2.05, 4.69) is 13.8 Å². The number of aromatic hydroxyl groups is 1. The number of rotatable bonds is 2. The Labute approximate surface area is 116 Å². The van der Waals surface area contributed by atoms with Gasteiger partial charge in [-0.05, 0) is 56.8 Å². The van der Waals surface area contributed by atoms with E-state index >= 15 is 0 Å². The Morgan fingerprint density at radius 2 is 1.53 bits per heavy atom. The lowest BCUT2D eigenvalue weighted by atomic mass is 9.77. The quantitative estimate of drug-likeness (QED) is 0.833. The number of hydrogen-bond donors (Lipinski definition) is 1. The summed E-state index contributed by atoms with van der Waals surface area (Å²) in [6.45, 7) is 12.3. The number of hydrogen-bond acceptors (Lipinski definition) is 3. The van der Waals surface area contributed by atoms with Gasteiger partial charge in [0.05, 0.1) is 11.2 Å². The highest BCUT2D eigenvalue weighted by Gasteiger charge is 2.51. The third-order valence-electron chi connectivity index (χ3n) is 4.15. The van der Waals surface area contributed by atoms with Gasteiger partial charge in [0, 0.05) is 0 Å². The van der Waals surface area contributed by atoms with Crippen LogP contribution in [0.15, 0.2) is 18.2 Å². The summed E-state index contributed by atoms with van der Waals surface area (Å²) in [5, 5.41) is 9.85. The molecule has 104 valence electrons. The van der Waals surface area contributed by atoms with Crippen LogP contribution in [0.4, 0.5) is 0 Å². The van der Waals surface area contributed by atoms with Crippen LogP contribution in [0.3, 0.4) is 0 Å². The maximum absolute atomic E-state index is 9.85. The highest BCUT2D eigenvalue weighted by atomic mass is 16.7. The Kier molecular flexibility index (Phi) is 3.44. The summed E-state index contributed by atoms with van der Waals surface area (Å²) in [4.78, 5) is 0. The van der Waals surface area contributed by atoms with Crippen LogP contribution in [-0.2, 0) is 9.31 Å². The molecule has 0 bridgehead atoms. The minimum atomic E-state index is -0.422. The van der Waals surface area contributed by atoms with Crippen molar-refractivity contribution in [2.45, 2.75) is 58.7 Å². The molecule has 2 rings (SSSR count). The third kappa shape index (κ3) is 2.65. The van der Waals surface area contributed by atoms with Gasteiger partial charge < -0.3 is 14.4 Å². The molecular weight excluding hydrogens is 239 g/mol. The summed E-state index contributed by atoms with van der Waals surface area (Å²) in [5.41, 5.74) is 1.24. The van der Waals surface area contributed by atoms with Crippen molar-refractivity contribution >= 4 is 12.6 Å². The predicted molar refractivity (Wildman–Crippen MR) is 77.9 cm³/mol. The van der Waals surface area contributed by atoms with Gasteiger partial charge in [-0.25, -0.2) is 0 Å². The summed E-state index contributed by atoms with van der Waals surface area (Å²) in [6.07, 6.45) is 0. The second-order valence-electron chi connectivity index (χ2n) is 6.60. The van der Waals surface area contributed by atoms with Crippen LogP contribution in [0.1, 0.15) is 53.0 Å². The fraction of sp³-hybridized carbons (Fsp3) is 0.600. The molecule has 1 saturated heterocycles. The van der Waals surface area contributed by atoms with Gasteiger partial charge in [-0.2, -0.15) is 0 Å². The van der Waals surface area contributed by atoms with Gasteiger partial charge in [0.25, 0.3) is 0 Å². The maximum atomic E-state index is 9.85. The van der Waals surface area contributed by atoms with E-state index in [4.69, 9.17) is 9.31 Å². The van der Waals surface area contributed by atoms with Gasteiger partial charge in [0.15, 0.2) is 0 Å². The van der Waals surface area contributed by atoms with Gasteiger partial charge in [-0.15, -0.1) is 0 Å². The molecule has 1 aromatic rings. The Morgan fingerprint density at radius 3 is 2.00 bits per heavy atom. The van der Waals surface area contributed by atoms with E-state index in [1.54, 1.807) is 12.1 Å². The molecule has 1 fully saturated rings. The Balaban J connectivity index is 2.34. The van der Waals surface area contributed by atoms with Crippen molar-refractivity contribution in [2.24, 2.45) is 0 Å². The van der Waals surface area contributed by atoms with Crippen molar-refractivity contribution in [2.75, 3.05) is 0 Å². The van der Waals surface area contributed by atoms with Crippen LogP contribution in [-0.4, -0.2) is 23.4 Å². The Hall–Kier alpha value is -0.995. The van der Waals surface area contributed by atoms with Gasteiger partial charge in [0.1, 0.15) is 5.75 Å². The molecule has 1 aliphatic heterocycles. The molecule has 0 atom stereocenters. The molecule has 3 nitrogen and oxygen atoms in total. The lowest BCUT2D eigenvalue weighted by Crippen LogP contribution is -2.41. The average molecular weight is 262 g/mol. The van der Waals surface area contributed by atoms with E-state index < -0.39 is 7.12 Å². The van der Waals surface area contributed by atoms with Crippen LogP contribution in [0.2, 0.25) is 0 Å². The fourth-order valence-electron chi connectivity index (χ4n) is 2.11. The van der Waals surface area contributed by atoms with Gasteiger partial charge in [-0.1, -0.05) is 19.9 Å². The lowest BCUT2D eigenvalue weighted by molar-refractivity contribution is 0.00578. The van der Waals surface area contributed by atoms with Crippen LogP contribution >= 0.6 is 0 Å². The van der Waals surface area contributed by atoms with Crippen molar-refractivity contribution in [3.05, 3.63) is 23.8 Å². The minimum absolute atomic E-state index is 0.260. The third-order valence-corrected chi connectivity index (χ3v) is 4.15. The van der Waals surface area contributed by atoms with E-state index in [-0.39, 0.29) is 17.0 Å².